The van der Waals surface area contributed by atoms with E-state index >= 15 is 0 Å². The molecular formula is C25H30N4O4. The Hall–Kier alpha value is -3.65. The van der Waals surface area contributed by atoms with E-state index in [1.807, 2.05) is 36.4 Å². The van der Waals surface area contributed by atoms with Crippen molar-refractivity contribution in [2.45, 2.75) is 6.04 Å². The number of anilines is 2. The summed E-state index contributed by atoms with van der Waals surface area (Å²) in [6.45, 7) is 3.94. The third kappa shape index (κ3) is 5.78. The first-order valence-electron chi connectivity index (χ1n) is 11.0. The lowest BCUT2D eigenvalue weighted by Gasteiger charge is -2.39. The fraction of sp³-hybridized carbons (Fsp3) is 0.320. The molecule has 0 bridgehead atoms. The lowest BCUT2D eigenvalue weighted by molar-refractivity contribution is 0.162. The number of benzene rings is 2. The summed E-state index contributed by atoms with van der Waals surface area (Å²) in [5.74, 6) is 2.44. The van der Waals surface area contributed by atoms with Crippen LogP contribution < -0.4 is 25.0 Å². The molecule has 4 rings (SSSR count). The monoisotopic (exact) mass is 450 g/mol. The van der Waals surface area contributed by atoms with Gasteiger partial charge < -0.3 is 29.4 Å². The zero-order chi connectivity index (χ0) is 23.0. The van der Waals surface area contributed by atoms with Gasteiger partial charge in [-0.2, -0.15) is 0 Å². The van der Waals surface area contributed by atoms with Gasteiger partial charge in [0.25, 0.3) is 0 Å². The van der Waals surface area contributed by atoms with Crippen LogP contribution in [0.15, 0.2) is 71.3 Å². The average molecular weight is 451 g/mol. The maximum Gasteiger partial charge on any atom is 0.319 e. The van der Waals surface area contributed by atoms with Crippen LogP contribution in [0.1, 0.15) is 11.8 Å². The second-order valence-corrected chi connectivity index (χ2v) is 7.82. The summed E-state index contributed by atoms with van der Waals surface area (Å²) < 4.78 is 16.1. The first-order valence-corrected chi connectivity index (χ1v) is 11.0. The van der Waals surface area contributed by atoms with Gasteiger partial charge >= 0.3 is 6.03 Å². The molecule has 1 aliphatic heterocycles. The molecule has 2 amide bonds. The van der Waals surface area contributed by atoms with Gasteiger partial charge in [-0.15, -0.1) is 0 Å². The van der Waals surface area contributed by atoms with E-state index in [2.05, 4.69) is 32.6 Å². The Morgan fingerprint density at radius 2 is 1.58 bits per heavy atom. The maximum absolute atomic E-state index is 12.5. The fourth-order valence-electron chi connectivity index (χ4n) is 4.01. The van der Waals surface area contributed by atoms with Crippen molar-refractivity contribution in [2.24, 2.45) is 0 Å². The molecule has 2 aromatic carbocycles. The van der Waals surface area contributed by atoms with Gasteiger partial charge in [0, 0.05) is 44.1 Å². The van der Waals surface area contributed by atoms with Crippen LogP contribution >= 0.6 is 0 Å². The van der Waals surface area contributed by atoms with Crippen molar-refractivity contribution in [2.75, 3.05) is 57.2 Å². The lowest BCUT2D eigenvalue weighted by atomic mass is 10.1. The lowest BCUT2D eigenvalue weighted by Crippen LogP contribution is -2.50. The predicted octanol–water partition coefficient (Wildman–Crippen LogP) is 3.98. The van der Waals surface area contributed by atoms with Crippen LogP contribution in [0.25, 0.3) is 0 Å². The van der Waals surface area contributed by atoms with E-state index in [1.165, 1.54) is 5.69 Å². The number of carbonyl (C=O) groups excluding carboxylic acids is 1. The van der Waals surface area contributed by atoms with Crippen molar-refractivity contribution in [3.05, 3.63) is 72.7 Å². The summed E-state index contributed by atoms with van der Waals surface area (Å²) in [7, 11) is 3.29. The van der Waals surface area contributed by atoms with Gasteiger partial charge in [-0.1, -0.05) is 0 Å². The first-order chi connectivity index (χ1) is 16.2. The Balaban J connectivity index is 1.34. The molecular weight excluding hydrogens is 420 g/mol. The highest BCUT2D eigenvalue weighted by molar-refractivity contribution is 5.89. The molecule has 8 heteroatoms. The number of amides is 2. The number of ether oxygens (including phenoxy) is 2. The zero-order valence-corrected chi connectivity index (χ0v) is 19.0. The molecule has 1 aliphatic rings. The van der Waals surface area contributed by atoms with Crippen LogP contribution in [0, 0.1) is 0 Å². The summed E-state index contributed by atoms with van der Waals surface area (Å²) in [5.41, 5.74) is 1.89. The van der Waals surface area contributed by atoms with Crippen molar-refractivity contribution >= 4 is 17.4 Å². The van der Waals surface area contributed by atoms with Crippen molar-refractivity contribution in [3.63, 3.8) is 0 Å². The van der Waals surface area contributed by atoms with Crippen molar-refractivity contribution < 1.29 is 18.7 Å². The quantitative estimate of drug-likeness (QED) is 0.541. The number of rotatable bonds is 8. The summed E-state index contributed by atoms with van der Waals surface area (Å²) in [5, 5.41) is 5.85. The van der Waals surface area contributed by atoms with E-state index in [1.54, 1.807) is 32.6 Å². The van der Waals surface area contributed by atoms with E-state index in [4.69, 9.17) is 13.9 Å². The van der Waals surface area contributed by atoms with Crippen LogP contribution in [0.3, 0.4) is 0 Å². The zero-order valence-electron chi connectivity index (χ0n) is 19.0. The number of urea groups is 1. The molecule has 8 nitrogen and oxygen atoms in total. The topological polar surface area (TPSA) is 79.2 Å². The van der Waals surface area contributed by atoms with E-state index in [0.717, 1.165) is 43.4 Å². The SMILES string of the molecule is COc1ccc(NC(=O)NCC(c2ccco2)N2CCN(c3ccc(OC)cc3)CC2)cc1. The predicted molar refractivity (Wildman–Crippen MR) is 128 cm³/mol. The van der Waals surface area contributed by atoms with Crippen molar-refractivity contribution in [3.8, 4) is 11.5 Å². The van der Waals surface area contributed by atoms with Gasteiger partial charge in [-0.05, 0) is 60.7 Å². The number of nitrogens with zero attached hydrogens (tertiary/aromatic N) is 2. The fourth-order valence-corrected chi connectivity index (χ4v) is 4.01. The van der Waals surface area contributed by atoms with Gasteiger partial charge in [-0.25, -0.2) is 4.79 Å². The number of hydrogen-bond donors (Lipinski definition) is 2. The third-order valence-corrected chi connectivity index (χ3v) is 5.87. The minimum atomic E-state index is -0.256. The van der Waals surface area contributed by atoms with E-state index in [9.17, 15) is 4.79 Å². The molecule has 1 saturated heterocycles. The van der Waals surface area contributed by atoms with Crippen LogP contribution in [0.2, 0.25) is 0 Å². The largest absolute Gasteiger partial charge is 0.497 e. The molecule has 1 aromatic heterocycles. The Bertz CT molecular complexity index is 998. The molecule has 0 radical (unpaired) electrons. The standard InChI is InChI=1S/C25H30N4O4/c1-31-21-9-5-19(6-10-21)27-25(30)26-18-23(24-4-3-17-33-24)29-15-13-28(14-16-29)20-7-11-22(32-2)12-8-20/h3-12,17,23H,13-16,18H2,1-2H3,(H2,26,27,30). The van der Waals surface area contributed by atoms with E-state index < -0.39 is 0 Å². The molecule has 1 atom stereocenters. The highest BCUT2D eigenvalue weighted by Gasteiger charge is 2.27. The first kappa shape index (κ1) is 22.5. The minimum Gasteiger partial charge on any atom is -0.497 e. The highest BCUT2D eigenvalue weighted by atomic mass is 16.5. The number of hydrogen-bond acceptors (Lipinski definition) is 6. The minimum absolute atomic E-state index is 0.0420. The maximum atomic E-state index is 12.5. The summed E-state index contributed by atoms with van der Waals surface area (Å²) in [6.07, 6.45) is 1.67. The number of nitrogens with one attached hydrogen (secondary N) is 2. The molecule has 3 aromatic rings. The molecule has 174 valence electrons. The molecule has 2 heterocycles. The van der Waals surface area contributed by atoms with E-state index in [-0.39, 0.29) is 12.1 Å². The molecule has 1 fully saturated rings. The Morgan fingerprint density at radius 3 is 2.15 bits per heavy atom. The van der Waals surface area contributed by atoms with Gasteiger partial charge in [0.15, 0.2) is 0 Å². The second kappa shape index (κ2) is 10.8. The van der Waals surface area contributed by atoms with Gasteiger partial charge in [0.05, 0.1) is 26.5 Å². The molecule has 1 unspecified atom stereocenters. The smallest absolute Gasteiger partial charge is 0.319 e. The third-order valence-electron chi connectivity index (χ3n) is 5.87. The van der Waals surface area contributed by atoms with E-state index in [0.29, 0.717) is 12.2 Å². The van der Waals surface area contributed by atoms with Gasteiger partial charge in [0.1, 0.15) is 17.3 Å². The summed E-state index contributed by atoms with van der Waals surface area (Å²) >= 11 is 0. The highest BCUT2D eigenvalue weighted by Crippen LogP contribution is 2.25. The Labute approximate surface area is 194 Å². The van der Waals surface area contributed by atoms with Crippen molar-refractivity contribution in [1.29, 1.82) is 0 Å². The molecule has 0 saturated carbocycles. The second-order valence-electron chi connectivity index (χ2n) is 7.82. The Kier molecular flexibility index (Phi) is 7.36. The molecule has 0 aliphatic carbocycles. The van der Waals surface area contributed by atoms with Crippen LogP contribution in [-0.2, 0) is 0 Å². The number of carbonyl (C=O) groups is 1. The van der Waals surface area contributed by atoms with Crippen LogP contribution in [0.5, 0.6) is 11.5 Å². The normalized spacial score (nSPS) is 15.0. The number of piperazine rings is 1. The summed E-state index contributed by atoms with van der Waals surface area (Å²) in [4.78, 5) is 17.2. The number of furan rings is 1. The van der Waals surface area contributed by atoms with Crippen molar-refractivity contribution in [1.82, 2.24) is 10.2 Å². The van der Waals surface area contributed by atoms with Crippen LogP contribution in [0.4, 0.5) is 16.2 Å². The van der Waals surface area contributed by atoms with Gasteiger partial charge in [-0.3, -0.25) is 4.90 Å². The molecule has 2 N–H and O–H groups in total. The summed E-state index contributed by atoms with van der Waals surface area (Å²) in [6, 6.07) is 18.9. The average Bonchev–Trinajstić information content (AvgIpc) is 3.40. The molecule has 33 heavy (non-hydrogen) atoms. The van der Waals surface area contributed by atoms with Crippen LogP contribution in [-0.4, -0.2) is 57.9 Å². The Morgan fingerprint density at radius 1 is 0.939 bits per heavy atom. The molecule has 0 spiro atoms. The number of methoxy groups -OCH3 is 2. The van der Waals surface area contributed by atoms with Gasteiger partial charge in [0.2, 0.25) is 0 Å².